The van der Waals surface area contributed by atoms with E-state index in [0.717, 1.165) is 6.54 Å². The summed E-state index contributed by atoms with van der Waals surface area (Å²) in [6.45, 7) is 5.43. The van der Waals surface area contributed by atoms with E-state index in [1.165, 1.54) is 56.2 Å². The molecule has 80 valence electrons. The quantitative estimate of drug-likeness (QED) is 0.562. The van der Waals surface area contributed by atoms with Crippen LogP contribution in [0.15, 0.2) is 16.6 Å². The van der Waals surface area contributed by atoms with Crippen LogP contribution in [0.1, 0.15) is 58.8 Å². The minimum Gasteiger partial charge on any atom is -0.289 e. The highest BCUT2D eigenvalue weighted by Gasteiger charge is 2.11. The van der Waals surface area contributed by atoms with E-state index < -0.39 is 0 Å². The van der Waals surface area contributed by atoms with Gasteiger partial charge in [0.25, 0.3) is 0 Å². The van der Waals surface area contributed by atoms with Gasteiger partial charge in [-0.3, -0.25) is 4.99 Å². The summed E-state index contributed by atoms with van der Waals surface area (Å²) in [5.41, 5.74) is 2.89. The fourth-order valence-electron chi connectivity index (χ4n) is 2.00. The molecule has 0 bridgehead atoms. The molecule has 0 saturated carbocycles. The Kier molecular flexibility index (Phi) is 5.58. The lowest BCUT2D eigenvalue weighted by Crippen LogP contribution is -1.97. The van der Waals surface area contributed by atoms with Gasteiger partial charge in [-0.15, -0.1) is 0 Å². The van der Waals surface area contributed by atoms with Crippen molar-refractivity contribution in [1.82, 2.24) is 0 Å². The molecule has 0 fully saturated rings. The molecule has 1 heterocycles. The summed E-state index contributed by atoms with van der Waals surface area (Å²) in [4.78, 5) is 4.55. The average Bonchev–Trinajstić information content (AvgIpc) is 2.65. The molecular weight excluding hydrogens is 170 g/mol. The summed E-state index contributed by atoms with van der Waals surface area (Å²) in [6.07, 6.45) is 11.5. The van der Waals surface area contributed by atoms with Gasteiger partial charge in [0.15, 0.2) is 0 Å². The normalized spacial score (nSPS) is 19.0. The third-order valence-electron chi connectivity index (χ3n) is 2.92. The van der Waals surface area contributed by atoms with Gasteiger partial charge < -0.3 is 0 Å². The minimum absolute atomic E-state index is 1.03. The Balaban J connectivity index is 2.12. The van der Waals surface area contributed by atoms with Gasteiger partial charge >= 0.3 is 0 Å². The summed E-state index contributed by atoms with van der Waals surface area (Å²) >= 11 is 0. The van der Waals surface area contributed by atoms with Gasteiger partial charge in [0.2, 0.25) is 0 Å². The van der Waals surface area contributed by atoms with E-state index in [-0.39, 0.29) is 0 Å². The van der Waals surface area contributed by atoms with Crippen molar-refractivity contribution in [2.45, 2.75) is 58.8 Å². The van der Waals surface area contributed by atoms with Gasteiger partial charge in [0, 0.05) is 12.3 Å². The third kappa shape index (κ3) is 3.65. The molecule has 0 aliphatic carbocycles. The molecule has 0 amide bonds. The molecule has 0 aromatic carbocycles. The first-order chi connectivity index (χ1) is 6.88. The van der Waals surface area contributed by atoms with Gasteiger partial charge in [-0.25, -0.2) is 0 Å². The van der Waals surface area contributed by atoms with Crippen LogP contribution in [-0.4, -0.2) is 12.3 Å². The van der Waals surface area contributed by atoms with E-state index >= 15 is 0 Å². The van der Waals surface area contributed by atoms with Crippen LogP contribution in [0.5, 0.6) is 0 Å². The van der Waals surface area contributed by atoms with Crippen molar-refractivity contribution in [2.75, 3.05) is 6.54 Å². The highest BCUT2D eigenvalue weighted by atomic mass is 14.8. The van der Waals surface area contributed by atoms with Crippen molar-refractivity contribution in [2.24, 2.45) is 4.99 Å². The van der Waals surface area contributed by atoms with Crippen LogP contribution in [-0.2, 0) is 0 Å². The standard InChI is InChI=1S/C13H23N/c1-3-5-6-7-8-9-13-12(4-2)10-11-14-13/h4H,3,5-11H2,1-2H3/b12-4+. The Labute approximate surface area is 88.3 Å². The van der Waals surface area contributed by atoms with E-state index in [1.54, 1.807) is 0 Å². The Bertz CT molecular complexity index is 213. The van der Waals surface area contributed by atoms with E-state index in [4.69, 9.17) is 0 Å². The van der Waals surface area contributed by atoms with Crippen LogP contribution in [0.3, 0.4) is 0 Å². The number of hydrogen-bond acceptors (Lipinski definition) is 1. The zero-order valence-corrected chi connectivity index (χ0v) is 9.68. The monoisotopic (exact) mass is 193 g/mol. The first-order valence-corrected chi connectivity index (χ1v) is 6.07. The molecule has 0 radical (unpaired) electrons. The van der Waals surface area contributed by atoms with Gasteiger partial charge in [-0.05, 0) is 31.8 Å². The predicted octanol–water partition coefficient (Wildman–Crippen LogP) is 4.14. The van der Waals surface area contributed by atoms with Gasteiger partial charge in [-0.1, -0.05) is 38.7 Å². The Morgan fingerprint density at radius 3 is 2.71 bits per heavy atom. The van der Waals surface area contributed by atoms with Crippen LogP contribution in [0.2, 0.25) is 0 Å². The zero-order chi connectivity index (χ0) is 10.2. The van der Waals surface area contributed by atoms with E-state index in [1.807, 2.05) is 0 Å². The Morgan fingerprint density at radius 1 is 1.21 bits per heavy atom. The van der Waals surface area contributed by atoms with E-state index in [0.29, 0.717) is 0 Å². The van der Waals surface area contributed by atoms with Crippen molar-refractivity contribution in [3.63, 3.8) is 0 Å². The number of rotatable bonds is 6. The first kappa shape index (κ1) is 11.5. The molecular formula is C13H23N. The molecule has 0 aromatic heterocycles. The maximum Gasteiger partial charge on any atom is 0.0433 e. The molecule has 0 unspecified atom stereocenters. The van der Waals surface area contributed by atoms with E-state index in [9.17, 15) is 0 Å². The minimum atomic E-state index is 1.03. The predicted molar refractivity (Wildman–Crippen MR) is 64.1 cm³/mol. The molecule has 1 heteroatoms. The molecule has 0 N–H and O–H groups in total. The maximum absolute atomic E-state index is 4.55. The van der Waals surface area contributed by atoms with E-state index in [2.05, 4.69) is 24.9 Å². The smallest absolute Gasteiger partial charge is 0.0433 e. The van der Waals surface area contributed by atoms with Crippen LogP contribution < -0.4 is 0 Å². The number of nitrogens with zero attached hydrogens (tertiary/aromatic N) is 1. The van der Waals surface area contributed by atoms with Crippen molar-refractivity contribution < 1.29 is 0 Å². The summed E-state index contributed by atoms with van der Waals surface area (Å²) in [5.74, 6) is 0. The summed E-state index contributed by atoms with van der Waals surface area (Å²) in [5, 5.41) is 0. The largest absolute Gasteiger partial charge is 0.289 e. The summed E-state index contributed by atoms with van der Waals surface area (Å²) in [6, 6.07) is 0. The molecule has 0 aromatic rings. The molecule has 0 saturated heterocycles. The van der Waals surface area contributed by atoms with Crippen molar-refractivity contribution in [3.8, 4) is 0 Å². The van der Waals surface area contributed by atoms with Crippen molar-refractivity contribution in [1.29, 1.82) is 0 Å². The molecule has 1 nitrogen and oxygen atoms in total. The van der Waals surface area contributed by atoms with Gasteiger partial charge in [0.1, 0.15) is 0 Å². The lowest BCUT2D eigenvalue weighted by atomic mass is 10.0. The lowest BCUT2D eigenvalue weighted by Gasteiger charge is -2.02. The first-order valence-electron chi connectivity index (χ1n) is 6.07. The fraction of sp³-hybridized carbons (Fsp3) is 0.769. The van der Waals surface area contributed by atoms with Crippen molar-refractivity contribution >= 4 is 5.71 Å². The number of hydrogen-bond donors (Lipinski definition) is 0. The molecule has 0 atom stereocenters. The fourth-order valence-corrected chi connectivity index (χ4v) is 2.00. The average molecular weight is 193 g/mol. The Morgan fingerprint density at radius 2 is 2.00 bits per heavy atom. The van der Waals surface area contributed by atoms with Crippen LogP contribution in [0.4, 0.5) is 0 Å². The van der Waals surface area contributed by atoms with Gasteiger partial charge in [0.05, 0.1) is 0 Å². The van der Waals surface area contributed by atoms with Crippen LogP contribution in [0.25, 0.3) is 0 Å². The topological polar surface area (TPSA) is 12.4 Å². The third-order valence-corrected chi connectivity index (χ3v) is 2.92. The maximum atomic E-state index is 4.55. The van der Waals surface area contributed by atoms with Gasteiger partial charge in [-0.2, -0.15) is 0 Å². The number of unbranched alkanes of at least 4 members (excludes halogenated alkanes) is 4. The van der Waals surface area contributed by atoms with Crippen LogP contribution in [0, 0.1) is 0 Å². The molecule has 0 spiro atoms. The summed E-state index contributed by atoms with van der Waals surface area (Å²) < 4.78 is 0. The van der Waals surface area contributed by atoms with Crippen LogP contribution >= 0.6 is 0 Å². The molecule has 1 rings (SSSR count). The second-order valence-electron chi connectivity index (χ2n) is 4.06. The SMILES string of the molecule is C/C=C1\CCN=C1CCCCCCC. The number of aliphatic imine (C=N–C) groups is 1. The molecule has 1 aliphatic rings. The zero-order valence-electron chi connectivity index (χ0n) is 9.68. The number of allylic oxidation sites excluding steroid dienone is 1. The Hall–Kier alpha value is -0.590. The molecule has 14 heavy (non-hydrogen) atoms. The highest BCUT2D eigenvalue weighted by molar-refractivity contribution is 6.01. The second kappa shape index (κ2) is 6.80. The van der Waals surface area contributed by atoms with Crippen molar-refractivity contribution in [3.05, 3.63) is 11.6 Å². The lowest BCUT2D eigenvalue weighted by molar-refractivity contribution is 0.643. The highest BCUT2D eigenvalue weighted by Crippen LogP contribution is 2.17. The second-order valence-corrected chi connectivity index (χ2v) is 4.06. The summed E-state index contributed by atoms with van der Waals surface area (Å²) in [7, 11) is 0. The molecule has 1 aliphatic heterocycles.